The molecule has 0 bridgehead atoms. The molecule has 1 aliphatic rings. The van der Waals surface area contributed by atoms with E-state index in [-0.39, 0.29) is 18.6 Å². The summed E-state index contributed by atoms with van der Waals surface area (Å²) < 4.78 is 6.97. The first-order chi connectivity index (χ1) is 8.26. The highest BCUT2D eigenvalue weighted by molar-refractivity contribution is 9.10. The van der Waals surface area contributed by atoms with Crippen LogP contribution in [0.3, 0.4) is 0 Å². The zero-order valence-corrected chi connectivity index (χ0v) is 11.7. The van der Waals surface area contributed by atoms with E-state index in [0.717, 1.165) is 30.3 Å². The van der Waals surface area contributed by atoms with Crippen molar-refractivity contribution in [3.8, 4) is 0 Å². The molecule has 1 heterocycles. The second kappa shape index (κ2) is 5.98. The van der Waals surface area contributed by atoms with Gasteiger partial charge in [-0.2, -0.15) is 0 Å². The second-order valence-corrected chi connectivity index (χ2v) is 5.53. The third-order valence-corrected chi connectivity index (χ3v) is 3.90. The second-order valence-electron chi connectivity index (χ2n) is 4.62. The van der Waals surface area contributed by atoms with E-state index in [1.165, 1.54) is 11.1 Å². The number of aliphatic hydroxyl groups excluding tert-OH is 1. The Kier molecular flexibility index (Phi) is 4.60. The Morgan fingerprint density at radius 2 is 2.35 bits per heavy atom. The van der Waals surface area contributed by atoms with Crippen LogP contribution < -0.4 is 0 Å². The van der Waals surface area contributed by atoms with Crippen LogP contribution in [-0.2, 0) is 11.2 Å². The third-order valence-electron chi connectivity index (χ3n) is 3.41. The van der Waals surface area contributed by atoms with Gasteiger partial charge in [0.05, 0.1) is 12.7 Å². The number of benzene rings is 1. The summed E-state index contributed by atoms with van der Waals surface area (Å²) >= 11 is 3.51. The molecule has 1 aromatic carbocycles. The lowest BCUT2D eigenvalue weighted by Crippen LogP contribution is -2.25. The van der Waals surface area contributed by atoms with Crippen LogP contribution in [0.1, 0.15) is 37.0 Å². The fourth-order valence-electron chi connectivity index (χ4n) is 2.54. The first-order valence-electron chi connectivity index (χ1n) is 6.27. The van der Waals surface area contributed by atoms with Crippen LogP contribution in [0, 0.1) is 5.92 Å². The molecule has 17 heavy (non-hydrogen) atoms. The number of rotatable bonds is 4. The number of hydrogen-bond donors (Lipinski definition) is 1. The lowest BCUT2D eigenvalue weighted by atomic mass is 9.87. The molecule has 0 aliphatic carbocycles. The largest absolute Gasteiger partial charge is 0.396 e. The molecular formula is C14H19BrO2. The minimum Gasteiger partial charge on any atom is -0.396 e. The molecule has 0 saturated carbocycles. The van der Waals surface area contributed by atoms with Crippen LogP contribution in [0.15, 0.2) is 22.7 Å². The molecule has 0 radical (unpaired) electrons. The van der Waals surface area contributed by atoms with Gasteiger partial charge in [-0.1, -0.05) is 35.3 Å². The van der Waals surface area contributed by atoms with Gasteiger partial charge >= 0.3 is 0 Å². The molecule has 2 rings (SSSR count). The summed E-state index contributed by atoms with van der Waals surface area (Å²) in [5.41, 5.74) is 2.61. The average molecular weight is 299 g/mol. The number of halogens is 1. The lowest BCUT2D eigenvalue weighted by Gasteiger charge is -2.31. The van der Waals surface area contributed by atoms with Gasteiger partial charge in [-0.15, -0.1) is 0 Å². The van der Waals surface area contributed by atoms with Gasteiger partial charge in [0.15, 0.2) is 0 Å². The Balaban J connectivity index is 2.29. The first-order valence-corrected chi connectivity index (χ1v) is 7.06. The molecule has 3 heteroatoms. The summed E-state index contributed by atoms with van der Waals surface area (Å²) in [6.45, 7) is 3.11. The van der Waals surface area contributed by atoms with E-state index in [0.29, 0.717) is 0 Å². The summed E-state index contributed by atoms with van der Waals surface area (Å²) in [4.78, 5) is 0. The standard InChI is InChI=1S/C14H19BrO2/c1-2-3-11(9-16)14-13-8-12(15)5-4-10(13)6-7-17-14/h4-5,8,11,14,16H,2-3,6-7,9H2,1H3. The van der Waals surface area contributed by atoms with Gasteiger partial charge in [0.2, 0.25) is 0 Å². The summed E-state index contributed by atoms with van der Waals surface area (Å²) in [5, 5.41) is 9.51. The topological polar surface area (TPSA) is 29.5 Å². The minimum absolute atomic E-state index is 0.0567. The van der Waals surface area contributed by atoms with Crippen LogP contribution in [0.5, 0.6) is 0 Å². The van der Waals surface area contributed by atoms with Crippen molar-refractivity contribution in [3.05, 3.63) is 33.8 Å². The normalized spacial score (nSPS) is 21.0. The summed E-state index contributed by atoms with van der Waals surface area (Å²) in [7, 11) is 0. The number of hydrogen-bond acceptors (Lipinski definition) is 2. The zero-order chi connectivity index (χ0) is 12.3. The van der Waals surface area contributed by atoms with E-state index in [1.807, 2.05) is 0 Å². The molecule has 94 valence electrons. The predicted molar refractivity (Wildman–Crippen MR) is 72.0 cm³/mol. The SMILES string of the molecule is CCCC(CO)C1OCCc2ccc(Br)cc21. The predicted octanol–water partition coefficient (Wildman–Crippen LogP) is 3.47. The van der Waals surface area contributed by atoms with E-state index < -0.39 is 0 Å². The fraction of sp³-hybridized carbons (Fsp3) is 0.571. The molecule has 0 aromatic heterocycles. The maximum atomic E-state index is 9.51. The quantitative estimate of drug-likeness (QED) is 0.922. The van der Waals surface area contributed by atoms with Gasteiger partial charge in [-0.25, -0.2) is 0 Å². The zero-order valence-electron chi connectivity index (χ0n) is 10.2. The van der Waals surface area contributed by atoms with Crippen molar-refractivity contribution in [1.82, 2.24) is 0 Å². The van der Waals surface area contributed by atoms with Crippen molar-refractivity contribution in [2.75, 3.05) is 13.2 Å². The minimum atomic E-state index is 0.0567. The number of aliphatic hydroxyl groups is 1. The molecule has 0 spiro atoms. The molecule has 0 amide bonds. The molecule has 0 fully saturated rings. The Labute approximate surface area is 111 Å². The van der Waals surface area contributed by atoms with Crippen LogP contribution in [0.4, 0.5) is 0 Å². The monoisotopic (exact) mass is 298 g/mol. The van der Waals surface area contributed by atoms with E-state index in [9.17, 15) is 5.11 Å². The van der Waals surface area contributed by atoms with Crippen LogP contribution in [-0.4, -0.2) is 18.3 Å². The maximum absolute atomic E-state index is 9.51. The van der Waals surface area contributed by atoms with E-state index in [4.69, 9.17) is 4.74 Å². The number of ether oxygens (including phenoxy) is 1. The Hall–Kier alpha value is -0.380. The molecule has 2 atom stereocenters. The first kappa shape index (κ1) is 13.1. The molecule has 1 aliphatic heterocycles. The summed E-state index contributed by atoms with van der Waals surface area (Å²) in [5.74, 6) is 0.216. The molecule has 1 aromatic rings. The lowest BCUT2D eigenvalue weighted by molar-refractivity contribution is -0.0196. The Morgan fingerprint density at radius 1 is 1.53 bits per heavy atom. The van der Waals surface area contributed by atoms with Crippen molar-refractivity contribution in [3.63, 3.8) is 0 Å². The fourth-order valence-corrected chi connectivity index (χ4v) is 2.92. The Morgan fingerprint density at radius 3 is 3.06 bits per heavy atom. The van der Waals surface area contributed by atoms with Crippen molar-refractivity contribution < 1.29 is 9.84 Å². The van der Waals surface area contributed by atoms with Crippen molar-refractivity contribution in [1.29, 1.82) is 0 Å². The van der Waals surface area contributed by atoms with Crippen LogP contribution in [0.25, 0.3) is 0 Å². The highest BCUT2D eigenvalue weighted by Crippen LogP contribution is 2.36. The average Bonchev–Trinajstić information content (AvgIpc) is 2.35. The Bertz CT molecular complexity index is 378. The molecule has 2 unspecified atom stereocenters. The third kappa shape index (κ3) is 2.90. The van der Waals surface area contributed by atoms with E-state index >= 15 is 0 Å². The maximum Gasteiger partial charge on any atom is 0.0878 e. The van der Waals surface area contributed by atoms with Gasteiger partial charge in [0, 0.05) is 17.0 Å². The number of fused-ring (bicyclic) bond motifs is 1. The van der Waals surface area contributed by atoms with E-state index in [2.05, 4.69) is 41.1 Å². The molecule has 1 N–H and O–H groups in total. The van der Waals surface area contributed by atoms with Gasteiger partial charge in [-0.3, -0.25) is 0 Å². The molecule has 0 saturated heterocycles. The smallest absolute Gasteiger partial charge is 0.0878 e. The highest BCUT2D eigenvalue weighted by atomic mass is 79.9. The molecule has 2 nitrogen and oxygen atoms in total. The van der Waals surface area contributed by atoms with Crippen molar-refractivity contribution >= 4 is 15.9 Å². The van der Waals surface area contributed by atoms with Gasteiger partial charge < -0.3 is 9.84 Å². The van der Waals surface area contributed by atoms with Gasteiger partial charge in [0.25, 0.3) is 0 Å². The van der Waals surface area contributed by atoms with Crippen molar-refractivity contribution in [2.24, 2.45) is 5.92 Å². The highest BCUT2D eigenvalue weighted by Gasteiger charge is 2.28. The van der Waals surface area contributed by atoms with Crippen LogP contribution in [0.2, 0.25) is 0 Å². The van der Waals surface area contributed by atoms with Gasteiger partial charge in [0.1, 0.15) is 0 Å². The van der Waals surface area contributed by atoms with Crippen LogP contribution >= 0.6 is 15.9 Å². The van der Waals surface area contributed by atoms with E-state index in [1.54, 1.807) is 0 Å². The van der Waals surface area contributed by atoms with Gasteiger partial charge in [-0.05, 0) is 36.1 Å². The molecular weight excluding hydrogens is 280 g/mol. The van der Waals surface area contributed by atoms with Crippen molar-refractivity contribution in [2.45, 2.75) is 32.3 Å². The summed E-state index contributed by atoms with van der Waals surface area (Å²) in [6, 6.07) is 6.38. The summed E-state index contributed by atoms with van der Waals surface area (Å²) in [6.07, 6.45) is 3.12.